The smallest absolute Gasteiger partial charge is 0.340 e. The highest BCUT2D eigenvalue weighted by atomic mass is 16.5. The third-order valence-electron chi connectivity index (χ3n) is 2.09. The van der Waals surface area contributed by atoms with E-state index in [-0.39, 0.29) is 0 Å². The Morgan fingerprint density at radius 3 is 2.38 bits per heavy atom. The lowest BCUT2D eigenvalue weighted by Crippen LogP contribution is -2.38. The minimum absolute atomic E-state index is 0.398. The maximum atomic E-state index is 10.7. The Morgan fingerprint density at radius 2 is 2.12 bits per heavy atom. The summed E-state index contributed by atoms with van der Waals surface area (Å²) in [5.74, 6) is -0.944. The van der Waals surface area contributed by atoms with Gasteiger partial charge in [0.2, 0.25) is 0 Å². The number of rotatable bonds is 2. The van der Waals surface area contributed by atoms with Crippen molar-refractivity contribution in [2.24, 2.45) is 0 Å². The molecule has 1 atom stereocenters. The molecule has 1 aromatic rings. The number of carboxylic acid groups (broad SMARTS) is 1. The van der Waals surface area contributed by atoms with E-state index in [4.69, 9.17) is 9.84 Å². The van der Waals surface area contributed by atoms with Crippen molar-refractivity contribution in [1.82, 2.24) is 15.4 Å². The molecule has 2 rings (SSSR count). The number of methoxy groups -OCH3 is 1. The fraction of sp³-hybridized carbons (Fsp3) is 0.300. The van der Waals surface area contributed by atoms with Gasteiger partial charge in [0, 0.05) is 13.5 Å². The maximum absolute atomic E-state index is 10.7. The fourth-order valence-electron chi connectivity index (χ4n) is 1.16. The molecular weight excluding hydrogens is 210 g/mol. The van der Waals surface area contributed by atoms with Crippen LogP contribution in [0.15, 0.2) is 36.7 Å². The number of carbonyl (C=O) groups is 1. The second-order valence-corrected chi connectivity index (χ2v) is 3.05. The van der Waals surface area contributed by atoms with Crippen molar-refractivity contribution in [2.75, 3.05) is 7.11 Å². The Labute approximate surface area is 92.6 Å². The standard InChI is InChI=1S/C8H10O3.C2H3N3/c1-11-8(7(9)10)5-3-2-4-6-8;1-2-4-5-3-1/h2-5H,6H2,1H3,(H,9,10);1-2H,(H,3,4,5). The van der Waals surface area contributed by atoms with Gasteiger partial charge in [-0.15, -0.1) is 0 Å². The second-order valence-electron chi connectivity index (χ2n) is 3.05. The summed E-state index contributed by atoms with van der Waals surface area (Å²) in [7, 11) is 1.40. The molecule has 1 aliphatic carbocycles. The van der Waals surface area contributed by atoms with E-state index < -0.39 is 11.6 Å². The summed E-state index contributed by atoms with van der Waals surface area (Å²) >= 11 is 0. The number of nitrogens with zero attached hydrogens (tertiary/aromatic N) is 2. The van der Waals surface area contributed by atoms with Crippen LogP contribution in [0.3, 0.4) is 0 Å². The molecule has 0 aliphatic heterocycles. The Hall–Kier alpha value is -1.95. The summed E-state index contributed by atoms with van der Waals surface area (Å²) in [6.07, 6.45) is 10.4. The van der Waals surface area contributed by atoms with Crippen LogP contribution in [-0.2, 0) is 9.53 Å². The third-order valence-corrected chi connectivity index (χ3v) is 2.09. The number of aromatic amines is 1. The van der Waals surface area contributed by atoms with Crippen molar-refractivity contribution >= 4 is 5.97 Å². The second kappa shape index (κ2) is 5.82. The van der Waals surface area contributed by atoms with Gasteiger partial charge in [0.25, 0.3) is 0 Å². The Balaban J connectivity index is 0.000000212. The van der Waals surface area contributed by atoms with E-state index >= 15 is 0 Å². The molecule has 0 bridgehead atoms. The van der Waals surface area contributed by atoms with Gasteiger partial charge >= 0.3 is 5.97 Å². The van der Waals surface area contributed by atoms with Crippen LogP contribution in [0.4, 0.5) is 0 Å². The number of hydrogen-bond acceptors (Lipinski definition) is 4. The van der Waals surface area contributed by atoms with Gasteiger partial charge in [-0.1, -0.05) is 18.2 Å². The Bertz CT molecular complexity index is 355. The summed E-state index contributed by atoms with van der Waals surface area (Å²) in [5, 5.41) is 18.1. The maximum Gasteiger partial charge on any atom is 0.340 e. The van der Waals surface area contributed by atoms with E-state index in [2.05, 4.69) is 15.4 Å². The number of hydrogen-bond donors (Lipinski definition) is 2. The third kappa shape index (κ3) is 3.03. The van der Waals surface area contributed by atoms with Crippen LogP contribution in [-0.4, -0.2) is 39.2 Å². The molecule has 16 heavy (non-hydrogen) atoms. The molecule has 1 aromatic heterocycles. The normalized spacial score (nSPS) is 22.3. The summed E-state index contributed by atoms with van der Waals surface area (Å²) in [6.45, 7) is 0. The van der Waals surface area contributed by atoms with Crippen LogP contribution in [0, 0.1) is 0 Å². The molecule has 1 aliphatic rings. The highest BCUT2D eigenvalue weighted by molar-refractivity contribution is 5.80. The molecule has 0 saturated carbocycles. The molecule has 1 unspecified atom stereocenters. The Kier molecular flexibility index (Phi) is 4.41. The number of H-pyrrole nitrogens is 1. The van der Waals surface area contributed by atoms with Crippen LogP contribution >= 0.6 is 0 Å². The zero-order valence-corrected chi connectivity index (χ0v) is 8.83. The first-order chi connectivity index (χ1) is 7.71. The monoisotopic (exact) mass is 223 g/mol. The van der Waals surface area contributed by atoms with Crippen LogP contribution in [0.5, 0.6) is 0 Å². The SMILES string of the molecule is COC1(C(=O)O)C=CC=CC1.c1cn[nH]n1. The van der Waals surface area contributed by atoms with Crippen molar-refractivity contribution in [1.29, 1.82) is 0 Å². The summed E-state index contributed by atoms with van der Waals surface area (Å²) in [6, 6.07) is 0. The number of aliphatic carboxylic acids is 1. The summed E-state index contributed by atoms with van der Waals surface area (Å²) in [4.78, 5) is 10.7. The first-order valence-corrected chi connectivity index (χ1v) is 4.64. The van der Waals surface area contributed by atoms with Crippen LogP contribution in [0.2, 0.25) is 0 Å². The Morgan fingerprint density at radius 1 is 1.44 bits per heavy atom. The molecule has 0 spiro atoms. The first-order valence-electron chi connectivity index (χ1n) is 4.64. The van der Waals surface area contributed by atoms with Gasteiger partial charge < -0.3 is 9.84 Å². The molecule has 0 saturated heterocycles. The molecule has 86 valence electrons. The molecule has 0 aromatic carbocycles. The van der Waals surface area contributed by atoms with Gasteiger partial charge in [-0.3, -0.25) is 0 Å². The van der Waals surface area contributed by atoms with Crippen molar-refractivity contribution < 1.29 is 14.6 Å². The number of ether oxygens (including phenoxy) is 1. The van der Waals surface area contributed by atoms with Gasteiger partial charge in [-0.05, 0) is 6.08 Å². The molecule has 0 amide bonds. The van der Waals surface area contributed by atoms with E-state index in [0.29, 0.717) is 6.42 Å². The predicted molar refractivity (Wildman–Crippen MR) is 56.7 cm³/mol. The van der Waals surface area contributed by atoms with E-state index in [1.54, 1.807) is 36.7 Å². The van der Waals surface area contributed by atoms with Crippen LogP contribution in [0.1, 0.15) is 6.42 Å². The molecule has 0 radical (unpaired) electrons. The van der Waals surface area contributed by atoms with Gasteiger partial charge in [0.15, 0.2) is 5.60 Å². The molecule has 0 fully saturated rings. The number of carboxylic acids is 1. The predicted octanol–water partition coefficient (Wildman–Crippen LogP) is 0.777. The highest BCUT2D eigenvalue weighted by Crippen LogP contribution is 2.21. The summed E-state index contributed by atoms with van der Waals surface area (Å²) in [5.41, 5.74) is -1.13. The van der Waals surface area contributed by atoms with Crippen molar-refractivity contribution in [3.63, 3.8) is 0 Å². The zero-order chi connectivity index (χ0) is 11.9. The van der Waals surface area contributed by atoms with E-state index in [1.165, 1.54) is 7.11 Å². The fourth-order valence-corrected chi connectivity index (χ4v) is 1.16. The zero-order valence-electron chi connectivity index (χ0n) is 8.83. The van der Waals surface area contributed by atoms with E-state index in [9.17, 15) is 4.79 Å². The minimum Gasteiger partial charge on any atom is -0.479 e. The molecule has 6 heteroatoms. The average Bonchev–Trinajstić information content (AvgIpc) is 2.88. The lowest BCUT2D eigenvalue weighted by Gasteiger charge is -2.24. The van der Waals surface area contributed by atoms with Crippen molar-refractivity contribution in [3.8, 4) is 0 Å². The summed E-state index contributed by atoms with van der Waals surface area (Å²) < 4.78 is 4.90. The number of nitrogens with one attached hydrogen (secondary N) is 1. The van der Waals surface area contributed by atoms with Gasteiger partial charge in [-0.25, -0.2) is 4.79 Å². The van der Waals surface area contributed by atoms with Gasteiger partial charge in [-0.2, -0.15) is 15.4 Å². The molecular formula is C10H13N3O3. The molecule has 1 heterocycles. The van der Waals surface area contributed by atoms with Crippen molar-refractivity contribution in [2.45, 2.75) is 12.0 Å². The van der Waals surface area contributed by atoms with Crippen molar-refractivity contribution in [3.05, 3.63) is 36.7 Å². The van der Waals surface area contributed by atoms with Gasteiger partial charge in [0.1, 0.15) is 0 Å². The van der Waals surface area contributed by atoms with Crippen LogP contribution in [0.25, 0.3) is 0 Å². The van der Waals surface area contributed by atoms with Crippen LogP contribution < -0.4 is 0 Å². The lowest BCUT2D eigenvalue weighted by molar-refractivity contribution is -0.156. The topological polar surface area (TPSA) is 88.1 Å². The highest BCUT2D eigenvalue weighted by Gasteiger charge is 2.35. The quantitative estimate of drug-likeness (QED) is 0.773. The number of aromatic nitrogens is 3. The molecule has 2 N–H and O–H groups in total. The first kappa shape index (κ1) is 12.1. The number of allylic oxidation sites excluding steroid dienone is 2. The lowest BCUT2D eigenvalue weighted by atomic mass is 9.95. The van der Waals surface area contributed by atoms with E-state index in [0.717, 1.165) is 0 Å². The average molecular weight is 223 g/mol. The minimum atomic E-state index is -1.13. The molecule has 6 nitrogen and oxygen atoms in total. The largest absolute Gasteiger partial charge is 0.479 e. The van der Waals surface area contributed by atoms with E-state index in [1.807, 2.05) is 0 Å². The van der Waals surface area contributed by atoms with Gasteiger partial charge in [0.05, 0.1) is 12.4 Å².